The number of benzene rings is 2. The van der Waals surface area contributed by atoms with E-state index in [0.717, 1.165) is 18.1 Å². The monoisotopic (exact) mass is 384 g/mol. The Kier molecular flexibility index (Phi) is 7.98. The minimum Gasteiger partial charge on any atom is -0.497 e. The number of ether oxygens (including phenoxy) is 2. The molecule has 0 aromatic heterocycles. The van der Waals surface area contributed by atoms with Gasteiger partial charge in [0.25, 0.3) is 0 Å². The first-order valence-corrected chi connectivity index (χ1v) is 9.24. The van der Waals surface area contributed by atoms with E-state index in [0.29, 0.717) is 17.1 Å². The first-order valence-electron chi connectivity index (χ1n) is 9.24. The molecule has 0 N–H and O–H groups in total. The van der Waals surface area contributed by atoms with Gasteiger partial charge in [0.05, 0.1) is 19.8 Å². The molecule has 0 aliphatic carbocycles. The SMILES string of the molecule is CC(C)(C)c1cc(C=O)cc(C(C)(C)C)c1.COc1ccc(C=O)c(OC)c1. The van der Waals surface area contributed by atoms with Gasteiger partial charge in [0.1, 0.15) is 17.8 Å². The first kappa shape index (κ1) is 23.4. The molecule has 152 valence electrons. The van der Waals surface area contributed by atoms with Gasteiger partial charge in [-0.05, 0) is 46.2 Å². The zero-order valence-corrected chi connectivity index (χ0v) is 18.3. The average Bonchev–Trinajstić information content (AvgIpc) is 2.66. The van der Waals surface area contributed by atoms with Gasteiger partial charge in [0.15, 0.2) is 6.29 Å². The molecule has 2 aromatic rings. The lowest BCUT2D eigenvalue weighted by Gasteiger charge is -2.25. The van der Waals surface area contributed by atoms with E-state index in [4.69, 9.17) is 9.47 Å². The van der Waals surface area contributed by atoms with E-state index >= 15 is 0 Å². The van der Waals surface area contributed by atoms with Gasteiger partial charge in [0.2, 0.25) is 0 Å². The van der Waals surface area contributed by atoms with E-state index < -0.39 is 0 Å². The molecule has 4 heteroatoms. The van der Waals surface area contributed by atoms with Crippen LogP contribution in [0.4, 0.5) is 0 Å². The fourth-order valence-corrected chi connectivity index (χ4v) is 2.50. The van der Waals surface area contributed by atoms with Crippen LogP contribution in [0.3, 0.4) is 0 Å². The summed E-state index contributed by atoms with van der Waals surface area (Å²) in [5.41, 5.74) is 3.91. The van der Waals surface area contributed by atoms with Crippen LogP contribution >= 0.6 is 0 Å². The predicted molar refractivity (Wildman–Crippen MR) is 114 cm³/mol. The zero-order chi connectivity index (χ0) is 21.5. The molecule has 0 heterocycles. The Morgan fingerprint density at radius 1 is 0.714 bits per heavy atom. The Morgan fingerprint density at radius 3 is 1.61 bits per heavy atom. The third kappa shape index (κ3) is 6.52. The Hall–Kier alpha value is -2.62. The van der Waals surface area contributed by atoms with Crippen molar-refractivity contribution in [3.05, 3.63) is 58.7 Å². The quantitative estimate of drug-likeness (QED) is 0.643. The molecule has 2 rings (SSSR count). The van der Waals surface area contributed by atoms with Crippen molar-refractivity contribution in [1.29, 1.82) is 0 Å². The molecule has 0 atom stereocenters. The van der Waals surface area contributed by atoms with Crippen LogP contribution in [0.5, 0.6) is 11.5 Å². The van der Waals surface area contributed by atoms with E-state index in [1.165, 1.54) is 18.2 Å². The standard InChI is InChI=1S/C15H22O.C9H10O3/c1-14(2,3)12-7-11(10-16)8-13(9-12)15(4,5)6;1-11-8-4-3-7(6-10)9(5-8)12-2/h7-10H,1-6H3;3-6H,1-2H3. The molecule has 2 aromatic carbocycles. The van der Waals surface area contributed by atoms with E-state index in [1.54, 1.807) is 25.3 Å². The second kappa shape index (κ2) is 9.54. The highest BCUT2D eigenvalue weighted by Crippen LogP contribution is 2.29. The van der Waals surface area contributed by atoms with Gasteiger partial charge >= 0.3 is 0 Å². The van der Waals surface area contributed by atoms with Crippen molar-refractivity contribution in [2.24, 2.45) is 0 Å². The van der Waals surface area contributed by atoms with Crippen LogP contribution in [-0.4, -0.2) is 26.8 Å². The van der Waals surface area contributed by atoms with Crippen molar-refractivity contribution in [1.82, 2.24) is 0 Å². The maximum atomic E-state index is 11.0. The van der Waals surface area contributed by atoms with Gasteiger partial charge in [-0.1, -0.05) is 47.6 Å². The van der Waals surface area contributed by atoms with Gasteiger partial charge < -0.3 is 9.47 Å². The zero-order valence-electron chi connectivity index (χ0n) is 18.3. The first-order chi connectivity index (χ1) is 13.0. The molecule has 0 saturated heterocycles. The summed E-state index contributed by atoms with van der Waals surface area (Å²) in [6, 6.07) is 11.2. The van der Waals surface area contributed by atoms with Crippen molar-refractivity contribution in [3.63, 3.8) is 0 Å². The smallest absolute Gasteiger partial charge is 0.153 e. The maximum Gasteiger partial charge on any atom is 0.153 e. The molecule has 0 saturated carbocycles. The fraction of sp³-hybridized carbons (Fsp3) is 0.417. The molecule has 0 aliphatic rings. The van der Waals surface area contributed by atoms with Gasteiger partial charge in [-0.25, -0.2) is 0 Å². The molecule has 0 fully saturated rings. The van der Waals surface area contributed by atoms with E-state index in [1.807, 2.05) is 12.1 Å². The second-order valence-corrected chi connectivity index (χ2v) is 8.69. The largest absolute Gasteiger partial charge is 0.497 e. The molecule has 4 nitrogen and oxygen atoms in total. The number of aldehydes is 2. The number of carbonyl (C=O) groups excluding carboxylic acids is 2. The lowest BCUT2D eigenvalue weighted by atomic mass is 9.80. The molecule has 0 bridgehead atoms. The van der Waals surface area contributed by atoms with Crippen molar-refractivity contribution >= 4 is 12.6 Å². The Bertz CT molecular complexity index is 776. The van der Waals surface area contributed by atoms with Crippen molar-refractivity contribution in [2.45, 2.75) is 52.4 Å². The van der Waals surface area contributed by atoms with Gasteiger partial charge in [-0.3, -0.25) is 9.59 Å². The summed E-state index contributed by atoms with van der Waals surface area (Å²) >= 11 is 0. The Morgan fingerprint density at radius 2 is 1.25 bits per heavy atom. The second-order valence-electron chi connectivity index (χ2n) is 8.69. The van der Waals surface area contributed by atoms with Crippen LogP contribution in [0, 0.1) is 0 Å². The fourth-order valence-electron chi connectivity index (χ4n) is 2.50. The lowest BCUT2D eigenvalue weighted by Crippen LogP contribution is -2.16. The highest BCUT2D eigenvalue weighted by atomic mass is 16.5. The van der Waals surface area contributed by atoms with Crippen LogP contribution in [0.1, 0.15) is 73.4 Å². The summed E-state index contributed by atoms with van der Waals surface area (Å²) in [7, 11) is 3.08. The van der Waals surface area contributed by atoms with Crippen molar-refractivity contribution in [2.75, 3.05) is 14.2 Å². The minimum absolute atomic E-state index is 0.0824. The number of carbonyl (C=O) groups is 2. The number of hydrogen-bond acceptors (Lipinski definition) is 4. The number of rotatable bonds is 4. The predicted octanol–water partition coefficient (Wildman–Crippen LogP) is 5.61. The number of methoxy groups -OCH3 is 2. The van der Waals surface area contributed by atoms with Gasteiger partial charge in [-0.2, -0.15) is 0 Å². The van der Waals surface area contributed by atoms with Gasteiger partial charge in [0, 0.05) is 11.6 Å². The van der Waals surface area contributed by atoms with Crippen LogP contribution in [0.2, 0.25) is 0 Å². The molecule has 0 aliphatic heterocycles. The molecule has 0 amide bonds. The average molecular weight is 385 g/mol. The summed E-state index contributed by atoms with van der Waals surface area (Å²) in [6.45, 7) is 13.0. The number of hydrogen-bond donors (Lipinski definition) is 0. The summed E-state index contributed by atoms with van der Waals surface area (Å²) in [4.78, 5) is 21.4. The molecule has 0 unspecified atom stereocenters. The third-order valence-electron chi connectivity index (χ3n) is 4.39. The lowest BCUT2D eigenvalue weighted by molar-refractivity contribution is 0.111. The highest BCUT2D eigenvalue weighted by molar-refractivity contribution is 5.79. The van der Waals surface area contributed by atoms with Crippen LogP contribution in [-0.2, 0) is 10.8 Å². The molecular weight excluding hydrogens is 352 g/mol. The van der Waals surface area contributed by atoms with E-state index in [9.17, 15) is 9.59 Å². The molecule has 28 heavy (non-hydrogen) atoms. The Balaban J connectivity index is 0.000000292. The summed E-state index contributed by atoms with van der Waals surface area (Å²) in [5, 5.41) is 0. The normalized spacial score (nSPS) is 11.1. The third-order valence-corrected chi connectivity index (χ3v) is 4.39. The van der Waals surface area contributed by atoms with Crippen LogP contribution in [0.25, 0.3) is 0 Å². The summed E-state index contributed by atoms with van der Waals surface area (Å²) < 4.78 is 9.93. The Labute approximate surface area is 168 Å². The van der Waals surface area contributed by atoms with Crippen molar-refractivity contribution in [3.8, 4) is 11.5 Å². The maximum absolute atomic E-state index is 11.0. The minimum atomic E-state index is 0.0824. The van der Waals surface area contributed by atoms with Gasteiger partial charge in [-0.15, -0.1) is 0 Å². The van der Waals surface area contributed by atoms with Crippen molar-refractivity contribution < 1.29 is 19.1 Å². The van der Waals surface area contributed by atoms with E-state index in [2.05, 4.69) is 47.6 Å². The van der Waals surface area contributed by atoms with Crippen LogP contribution in [0.15, 0.2) is 36.4 Å². The molecular formula is C24H32O4. The summed E-state index contributed by atoms with van der Waals surface area (Å²) in [5.74, 6) is 1.21. The topological polar surface area (TPSA) is 52.6 Å². The molecule has 0 radical (unpaired) electrons. The molecule has 0 spiro atoms. The highest BCUT2D eigenvalue weighted by Gasteiger charge is 2.20. The summed E-state index contributed by atoms with van der Waals surface area (Å²) in [6.07, 6.45) is 1.68. The van der Waals surface area contributed by atoms with Crippen LogP contribution < -0.4 is 9.47 Å². The van der Waals surface area contributed by atoms with E-state index in [-0.39, 0.29) is 10.8 Å².